The van der Waals surface area contributed by atoms with E-state index in [9.17, 15) is 9.90 Å². The second-order valence-electron chi connectivity index (χ2n) is 13.5. The number of carbonyl (C=O) groups is 1. The van der Waals surface area contributed by atoms with Crippen LogP contribution in [0.1, 0.15) is 113 Å². The monoisotopic (exact) mass is 456 g/mol. The zero-order valence-electron chi connectivity index (χ0n) is 22.3. The molecular formula is C30H48O3. The highest BCUT2D eigenvalue weighted by Gasteiger charge is 2.63. The molecular weight excluding hydrogens is 408 g/mol. The largest absolute Gasteiger partial charge is 0.478 e. The molecule has 0 spiro atoms. The van der Waals surface area contributed by atoms with Crippen LogP contribution in [-0.4, -0.2) is 22.3 Å². The van der Waals surface area contributed by atoms with E-state index < -0.39 is 5.97 Å². The lowest BCUT2D eigenvalue weighted by molar-refractivity contribution is -0.132. The van der Waals surface area contributed by atoms with Gasteiger partial charge in [-0.3, -0.25) is 0 Å². The smallest absolute Gasteiger partial charge is 0.330 e. The first-order valence-electron chi connectivity index (χ1n) is 13.6. The highest BCUT2D eigenvalue weighted by atomic mass is 16.4. The van der Waals surface area contributed by atoms with Gasteiger partial charge >= 0.3 is 5.97 Å². The molecule has 7 atom stereocenters. The van der Waals surface area contributed by atoms with Crippen molar-refractivity contribution < 1.29 is 15.0 Å². The summed E-state index contributed by atoms with van der Waals surface area (Å²) < 4.78 is 0. The fraction of sp³-hybridized carbons (Fsp3) is 0.833. The van der Waals surface area contributed by atoms with E-state index in [-0.39, 0.29) is 16.9 Å². The number of carboxylic acid groups (broad SMARTS) is 1. The van der Waals surface area contributed by atoms with Gasteiger partial charge in [0.2, 0.25) is 0 Å². The average molecular weight is 457 g/mol. The second kappa shape index (κ2) is 8.25. The zero-order chi connectivity index (χ0) is 24.4. The quantitative estimate of drug-likeness (QED) is 0.332. The fourth-order valence-corrected chi connectivity index (χ4v) is 9.48. The molecule has 0 aromatic carbocycles. The van der Waals surface area contributed by atoms with Crippen LogP contribution in [0.4, 0.5) is 0 Å². The first-order valence-corrected chi connectivity index (χ1v) is 13.6. The molecule has 3 nitrogen and oxygen atoms in total. The molecule has 0 saturated heterocycles. The van der Waals surface area contributed by atoms with Crippen molar-refractivity contribution >= 4 is 5.97 Å². The van der Waals surface area contributed by atoms with E-state index in [0.29, 0.717) is 34.2 Å². The lowest BCUT2D eigenvalue weighted by Gasteiger charge is -2.62. The minimum Gasteiger partial charge on any atom is -0.478 e. The number of aliphatic hydroxyl groups excluding tert-OH is 1. The summed E-state index contributed by atoms with van der Waals surface area (Å²) in [6.45, 7) is 16.5. The molecule has 2 saturated carbocycles. The van der Waals surface area contributed by atoms with E-state index in [4.69, 9.17) is 5.11 Å². The van der Waals surface area contributed by atoms with Gasteiger partial charge in [-0.05, 0) is 111 Å². The van der Waals surface area contributed by atoms with Crippen molar-refractivity contribution in [1.29, 1.82) is 0 Å². The predicted octanol–water partition coefficient (Wildman–Crippen LogP) is 7.54. The SMILES string of the molecule is C/C(=C/CC[C@@H](C)[C@H]1CC[C@@]2(C)C3=C(CC[C@]12C)[C@@]1(C)CC[C@@H](O)C(C)(C)[C@@H]1CC3)C(=O)O. The van der Waals surface area contributed by atoms with E-state index in [1.54, 1.807) is 18.1 Å². The van der Waals surface area contributed by atoms with Crippen LogP contribution in [0.5, 0.6) is 0 Å². The Morgan fingerprint density at radius 2 is 1.73 bits per heavy atom. The highest BCUT2D eigenvalue weighted by Crippen LogP contribution is 2.72. The molecule has 0 bridgehead atoms. The standard InChI is InChI=1S/C30H48O3/c1-19(9-8-10-20(2)26(32)33)21-13-17-30(7)23-11-12-24-27(3,4)25(31)15-16-28(24,5)22(23)14-18-29(21,30)6/h10,19,21,24-25,31H,8-9,11-18H2,1-7H3,(H,32,33)/b20-10-/t19-,21-,24+,25-,28-,29-,30+/m1/s1. The number of carboxylic acids is 1. The molecule has 3 heteroatoms. The molecule has 0 unspecified atom stereocenters. The van der Waals surface area contributed by atoms with E-state index in [0.717, 1.165) is 25.7 Å². The van der Waals surface area contributed by atoms with Gasteiger partial charge in [0.1, 0.15) is 0 Å². The molecule has 186 valence electrons. The van der Waals surface area contributed by atoms with Gasteiger partial charge in [0.15, 0.2) is 0 Å². The van der Waals surface area contributed by atoms with Crippen LogP contribution in [0.2, 0.25) is 0 Å². The maximum absolute atomic E-state index is 11.1. The van der Waals surface area contributed by atoms with Crippen LogP contribution in [0.3, 0.4) is 0 Å². The molecule has 2 fully saturated rings. The third kappa shape index (κ3) is 3.58. The molecule has 4 rings (SSSR count). The maximum atomic E-state index is 11.1. The van der Waals surface area contributed by atoms with E-state index >= 15 is 0 Å². The number of hydrogen-bond donors (Lipinski definition) is 2. The molecule has 4 aliphatic rings. The fourth-order valence-electron chi connectivity index (χ4n) is 9.48. The summed E-state index contributed by atoms with van der Waals surface area (Å²) in [6.07, 6.45) is 13.3. The first-order chi connectivity index (χ1) is 15.3. The first kappa shape index (κ1) is 25.0. The number of allylic oxidation sites excluding steroid dienone is 3. The Labute approximate surface area is 202 Å². The Kier molecular flexibility index (Phi) is 6.25. The number of fused-ring (bicyclic) bond motifs is 4. The summed E-state index contributed by atoms with van der Waals surface area (Å²) >= 11 is 0. The van der Waals surface area contributed by atoms with Crippen LogP contribution in [-0.2, 0) is 4.79 Å². The molecule has 4 aliphatic carbocycles. The molecule has 0 aromatic rings. The van der Waals surface area contributed by atoms with Crippen molar-refractivity contribution in [2.45, 2.75) is 119 Å². The Bertz CT molecular complexity index is 866. The van der Waals surface area contributed by atoms with Crippen LogP contribution in [0.15, 0.2) is 22.8 Å². The van der Waals surface area contributed by atoms with Gasteiger partial charge in [-0.25, -0.2) is 4.79 Å². The Balaban J connectivity index is 1.60. The second-order valence-corrected chi connectivity index (χ2v) is 13.5. The molecule has 0 amide bonds. The summed E-state index contributed by atoms with van der Waals surface area (Å²) in [7, 11) is 0. The van der Waals surface area contributed by atoms with E-state index in [1.165, 1.54) is 38.5 Å². The van der Waals surface area contributed by atoms with Gasteiger partial charge < -0.3 is 10.2 Å². The minimum atomic E-state index is -0.794. The number of aliphatic carboxylic acids is 1. The van der Waals surface area contributed by atoms with Gasteiger partial charge in [0, 0.05) is 5.57 Å². The van der Waals surface area contributed by atoms with Crippen LogP contribution in [0.25, 0.3) is 0 Å². The van der Waals surface area contributed by atoms with Crippen molar-refractivity contribution in [3.05, 3.63) is 22.8 Å². The number of hydrogen-bond acceptors (Lipinski definition) is 2. The molecule has 0 aliphatic heterocycles. The van der Waals surface area contributed by atoms with Gasteiger partial charge in [0.05, 0.1) is 6.10 Å². The Hall–Kier alpha value is -1.09. The van der Waals surface area contributed by atoms with Crippen molar-refractivity contribution in [1.82, 2.24) is 0 Å². The normalized spacial score (nSPS) is 43.5. The third-order valence-electron chi connectivity index (χ3n) is 11.9. The zero-order valence-corrected chi connectivity index (χ0v) is 22.3. The van der Waals surface area contributed by atoms with Crippen molar-refractivity contribution in [2.75, 3.05) is 0 Å². The lowest BCUT2D eigenvalue weighted by atomic mass is 9.43. The third-order valence-corrected chi connectivity index (χ3v) is 11.9. The Morgan fingerprint density at radius 1 is 1.03 bits per heavy atom. The molecule has 0 heterocycles. The van der Waals surface area contributed by atoms with Gasteiger partial charge in [0.25, 0.3) is 0 Å². The molecule has 0 radical (unpaired) electrons. The summed E-state index contributed by atoms with van der Waals surface area (Å²) in [6, 6.07) is 0. The number of rotatable bonds is 5. The number of aliphatic hydroxyl groups is 1. The summed E-state index contributed by atoms with van der Waals surface area (Å²) in [5, 5.41) is 20.0. The average Bonchev–Trinajstić information content (AvgIpc) is 3.02. The topological polar surface area (TPSA) is 57.5 Å². The minimum absolute atomic E-state index is 0.00150. The highest BCUT2D eigenvalue weighted by molar-refractivity contribution is 5.85. The summed E-state index contributed by atoms with van der Waals surface area (Å²) in [5.74, 6) is 1.12. The van der Waals surface area contributed by atoms with Gasteiger partial charge in [-0.2, -0.15) is 0 Å². The van der Waals surface area contributed by atoms with Gasteiger partial charge in [-0.1, -0.05) is 58.8 Å². The maximum Gasteiger partial charge on any atom is 0.330 e. The summed E-state index contributed by atoms with van der Waals surface area (Å²) in [4.78, 5) is 11.1. The van der Waals surface area contributed by atoms with Gasteiger partial charge in [-0.15, -0.1) is 0 Å². The van der Waals surface area contributed by atoms with Crippen molar-refractivity contribution in [3.63, 3.8) is 0 Å². The molecule has 2 N–H and O–H groups in total. The van der Waals surface area contributed by atoms with Crippen LogP contribution >= 0.6 is 0 Å². The van der Waals surface area contributed by atoms with Crippen LogP contribution in [0, 0.1) is 39.4 Å². The van der Waals surface area contributed by atoms with E-state index in [1.807, 2.05) is 6.08 Å². The van der Waals surface area contributed by atoms with Crippen molar-refractivity contribution in [3.8, 4) is 0 Å². The predicted molar refractivity (Wildman–Crippen MR) is 135 cm³/mol. The lowest BCUT2D eigenvalue weighted by Crippen LogP contribution is -2.55. The van der Waals surface area contributed by atoms with Crippen LogP contribution < -0.4 is 0 Å². The van der Waals surface area contributed by atoms with E-state index in [2.05, 4.69) is 41.5 Å². The molecule has 0 aromatic heterocycles. The Morgan fingerprint density at radius 3 is 2.39 bits per heavy atom. The summed E-state index contributed by atoms with van der Waals surface area (Å²) in [5.41, 5.74) is 4.95. The molecule has 33 heavy (non-hydrogen) atoms. The van der Waals surface area contributed by atoms with Crippen molar-refractivity contribution in [2.24, 2.45) is 39.4 Å².